The van der Waals surface area contributed by atoms with Gasteiger partial charge in [-0.1, -0.05) is 18.2 Å². The van der Waals surface area contributed by atoms with E-state index in [1.54, 1.807) is 40.9 Å². The molecule has 1 aromatic carbocycles. The second-order valence-electron chi connectivity index (χ2n) is 6.56. The highest BCUT2D eigenvalue weighted by Crippen LogP contribution is 2.26. The van der Waals surface area contributed by atoms with Crippen molar-refractivity contribution < 1.29 is 17.6 Å². The van der Waals surface area contributed by atoms with Crippen molar-refractivity contribution in [3.8, 4) is 0 Å². The summed E-state index contributed by atoms with van der Waals surface area (Å²) in [5.41, 5.74) is 0. The van der Waals surface area contributed by atoms with Gasteiger partial charge in [-0.15, -0.1) is 0 Å². The first-order chi connectivity index (χ1) is 12.6. The molecule has 26 heavy (non-hydrogen) atoms. The number of rotatable bonds is 7. The van der Waals surface area contributed by atoms with Gasteiger partial charge in [0.15, 0.2) is 0 Å². The van der Waals surface area contributed by atoms with Crippen LogP contribution in [0.25, 0.3) is 0 Å². The van der Waals surface area contributed by atoms with Gasteiger partial charge in [-0.05, 0) is 49.4 Å². The molecule has 1 aliphatic heterocycles. The number of hydrogen-bond acceptors (Lipinski definition) is 4. The van der Waals surface area contributed by atoms with Gasteiger partial charge in [0, 0.05) is 19.5 Å². The summed E-state index contributed by atoms with van der Waals surface area (Å²) in [5, 5.41) is 2.84. The summed E-state index contributed by atoms with van der Waals surface area (Å²) in [6.07, 6.45) is 4.40. The highest BCUT2D eigenvalue weighted by molar-refractivity contribution is 7.89. The van der Waals surface area contributed by atoms with Crippen molar-refractivity contribution in [1.82, 2.24) is 9.62 Å². The molecule has 0 spiro atoms. The standard InChI is InChI=1S/C19H24N2O4S/c22-19(20-15-17-5-4-14-25-17)9-8-16-10-12-21(13-11-16)26(23,24)18-6-2-1-3-7-18/h1-7,14,16H,8-13,15H2,(H,20,22). The minimum Gasteiger partial charge on any atom is -0.467 e. The molecule has 1 saturated heterocycles. The predicted octanol–water partition coefficient (Wildman–Crippen LogP) is 2.78. The van der Waals surface area contributed by atoms with Crippen molar-refractivity contribution in [1.29, 1.82) is 0 Å². The number of furan rings is 1. The maximum Gasteiger partial charge on any atom is 0.243 e. The van der Waals surface area contributed by atoms with Crippen molar-refractivity contribution >= 4 is 15.9 Å². The highest BCUT2D eigenvalue weighted by atomic mass is 32.2. The molecule has 6 nitrogen and oxygen atoms in total. The van der Waals surface area contributed by atoms with Gasteiger partial charge >= 0.3 is 0 Å². The topological polar surface area (TPSA) is 79.6 Å². The van der Waals surface area contributed by atoms with E-state index in [9.17, 15) is 13.2 Å². The van der Waals surface area contributed by atoms with Crippen LogP contribution in [0.5, 0.6) is 0 Å². The average Bonchev–Trinajstić information content (AvgIpc) is 3.19. The highest BCUT2D eigenvalue weighted by Gasteiger charge is 2.29. The van der Waals surface area contributed by atoms with Gasteiger partial charge in [0.25, 0.3) is 0 Å². The van der Waals surface area contributed by atoms with Crippen LogP contribution in [-0.2, 0) is 21.4 Å². The Labute approximate surface area is 154 Å². The smallest absolute Gasteiger partial charge is 0.243 e. The summed E-state index contributed by atoms with van der Waals surface area (Å²) in [4.78, 5) is 12.3. The molecule has 0 atom stereocenters. The van der Waals surface area contributed by atoms with E-state index >= 15 is 0 Å². The fourth-order valence-corrected chi connectivity index (χ4v) is 4.69. The molecule has 0 saturated carbocycles. The molecule has 1 aliphatic rings. The molecule has 1 fully saturated rings. The third-order valence-corrected chi connectivity index (χ3v) is 6.69. The number of hydrogen-bond donors (Lipinski definition) is 1. The molecule has 1 aromatic heterocycles. The number of benzene rings is 1. The molecule has 0 unspecified atom stereocenters. The number of nitrogens with one attached hydrogen (secondary N) is 1. The monoisotopic (exact) mass is 376 g/mol. The van der Waals surface area contributed by atoms with Crippen LogP contribution < -0.4 is 5.32 Å². The van der Waals surface area contributed by atoms with Crippen molar-refractivity contribution in [2.75, 3.05) is 13.1 Å². The fourth-order valence-electron chi connectivity index (χ4n) is 3.20. The summed E-state index contributed by atoms with van der Waals surface area (Å²) in [6, 6.07) is 12.2. The SMILES string of the molecule is O=C(CCC1CCN(S(=O)(=O)c2ccccc2)CC1)NCc1ccco1. The van der Waals surface area contributed by atoms with Crippen molar-refractivity contribution in [3.05, 3.63) is 54.5 Å². The first kappa shape index (κ1) is 18.7. The number of amides is 1. The molecule has 140 valence electrons. The summed E-state index contributed by atoms with van der Waals surface area (Å²) in [7, 11) is -3.41. The maximum atomic E-state index is 12.6. The Hall–Kier alpha value is -2.12. The second-order valence-corrected chi connectivity index (χ2v) is 8.49. The van der Waals surface area contributed by atoms with Gasteiger partial charge in [-0.3, -0.25) is 4.79 Å². The van der Waals surface area contributed by atoms with Gasteiger partial charge in [0.05, 0.1) is 17.7 Å². The number of piperidine rings is 1. The third-order valence-electron chi connectivity index (χ3n) is 4.77. The zero-order valence-electron chi connectivity index (χ0n) is 14.6. The molecule has 1 amide bonds. The van der Waals surface area contributed by atoms with Crippen molar-refractivity contribution in [3.63, 3.8) is 0 Å². The van der Waals surface area contributed by atoms with E-state index in [0.717, 1.165) is 25.0 Å². The van der Waals surface area contributed by atoms with Crippen LogP contribution in [0.4, 0.5) is 0 Å². The zero-order chi connectivity index (χ0) is 18.4. The summed E-state index contributed by atoms with van der Waals surface area (Å²) in [5.74, 6) is 1.12. The maximum absolute atomic E-state index is 12.6. The molecular formula is C19H24N2O4S. The molecular weight excluding hydrogens is 352 g/mol. The van der Waals surface area contributed by atoms with Gasteiger partial charge in [0.2, 0.25) is 15.9 Å². The number of carbonyl (C=O) groups is 1. The van der Waals surface area contributed by atoms with Crippen molar-refractivity contribution in [2.45, 2.75) is 37.1 Å². The minimum atomic E-state index is -3.41. The lowest BCUT2D eigenvalue weighted by atomic mass is 9.93. The van der Waals surface area contributed by atoms with E-state index in [1.165, 1.54) is 0 Å². The lowest BCUT2D eigenvalue weighted by Gasteiger charge is -2.31. The van der Waals surface area contributed by atoms with Gasteiger partial charge in [-0.25, -0.2) is 8.42 Å². The van der Waals surface area contributed by atoms with Crippen LogP contribution in [0.2, 0.25) is 0 Å². The normalized spacial score (nSPS) is 16.5. The van der Waals surface area contributed by atoms with Gasteiger partial charge in [-0.2, -0.15) is 4.31 Å². The predicted molar refractivity (Wildman–Crippen MR) is 97.7 cm³/mol. The van der Waals surface area contributed by atoms with E-state index in [2.05, 4.69) is 5.32 Å². The quantitative estimate of drug-likeness (QED) is 0.806. The third kappa shape index (κ3) is 4.74. The Bertz CT molecular complexity index is 795. The Morgan fingerprint density at radius 3 is 2.50 bits per heavy atom. The second kappa shape index (κ2) is 8.51. The van der Waals surface area contributed by atoms with Crippen molar-refractivity contribution in [2.24, 2.45) is 5.92 Å². The zero-order valence-corrected chi connectivity index (χ0v) is 15.5. The molecule has 2 aromatic rings. The van der Waals surface area contributed by atoms with Gasteiger partial charge in [0.1, 0.15) is 5.76 Å². The van der Waals surface area contributed by atoms with Gasteiger partial charge < -0.3 is 9.73 Å². The first-order valence-corrected chi connectivity index (χ1v) is 10.3. The fraction of sp³-hybridized carbons (Fsp3) is 0.421. The van der Waals surface area contributed by atoms with Crippen LogP contribution in [0, 0.1) is 5.92 Å². The lowest BCUT2D eigenvalue weighted by Crippen LogP contribution is -2.38. The van der Waals surface area contributed by atoms with Crippen LogP contribution >= 0.6 is 0 Å². The molecule has 0 aliphatic carbocycles. The first-order valence-electron chi connectivity index (χ1n) is 8.90. The lowest BCUT2D eigenvalue weighted by molar-refractivity contribution is -0.121. The van der Waals surface area contributed by atoms with E-state index in [4.69, 9.17) is 4.42 Å². The molecule has 0 bridgehead atoms. The number of sulfonamides is 1. The average molecular weight is 376 g/mol. The molecule has 2 heterocycles. The summed E-state index contributed by atoms with van der Waals surface area (Å²) in [6.45, 7) is 1.42. The van der Waals surface area contributed by atoms with Crippen LogP contribution in [0.15, 0.2) is 58.0 Å². The number of carbonyl (C=O) groups excluding carboxylic acids is 1. The van der Waals surface area contributed by atoms with E-state index in [0.29, 0.717) is 36.9 Å². The molecule has 7 heteroatoms. The molecule has 3 rings (SSSR count). The van der Waals surface area contributed by atoms with Crippen LogP contribution in [0.3, 0.4) is 0 Å². The minimum absolute atomic E-state index is 0.000682. The Morgan fingerprint density at radius 2 is 1.85 bits per heavy atom. The van der Waals surface area contributed by atoms with E-state index < -0.39 is 10.0 Å². The largest absolute Gasteiger partial charge is 0.467 e. The van der Waals surface area contributed by atoms with Crippen LogP contribution in [0.1, 0.15) is 31.4 Å². The van der Waals surface area contributed by atoms with E-state index in [1.807, 2.05) is 12.1 Å². The summed E-state index contributed by atoms with van der Waals surface area (Å²) < 4.78 is 32.0. The Kier molecular flexibility index (Phi) is 6.11. The number of nitrogens with zero attached hydrogens (tertiary/aromatic N) is 1. The molecule has 0 radical (unpaired) electrons. The van der Waals surface area contributed by atoms with Crippen LogP contribution in [-0.4, -0.2) is 31.7 Å². The summed E-state index contributed by atoms with van der Waals surface area (Å²) >= 11 is 0. The molecule has 1 N–H and O–H groups in total. The Morgan fingerprint density at radius 1 is 1.12 bits per heavy atom. The Balaban J connectivity index is 1.42. The van der Waals surface area contributed by atoms with E-state index in [-0.39, 0.29) is 5.91 Å².